The normalized spacial score (nSPS) is 14.5. The van der Waals surface area contributed by atoms with Gasteiger partial charge >= 0.3 is 0 Å². The van der Waals surface area contributed by atoms with Gasteiger partial charge in [-0.25, -0.2) is 4.39 Å². The summed E-state index contributed by atoms with van der Waals surface area (Å²) < 4.78 is 18.3. The maximum absolute atomic E-state index is 12.9. The Morgan fingerprint density at radius 3 is 2.41 bits per heavy atom. The highest BCUT2D eigenvalue weighted by Gasteiger charge is 2.23. The lowest BCUT2D eigenvalue weighted by molar-refractivity contribution is -0.135. The van der Waals surface area contributed by atoms with Crippen LogP contribution in [0.3, 0.4) is 0 Å². The third kappa shape index (κ3) is 6.02. The number of ether oxygens (including phenoxy) is 1. The molecule has 0 saturated carbocycles. The van der Waals surface area contributed by atoms with E-state index in [1.165, 1.54) is 24.3 Å². The number of halogens is 1. The number of amides is 2. The number of nitrogens with one attached hydrogen (secondary N) is 1. The number of rotatable bonds is 7. The van der Waals surface area contributed by atoms with Gasteiger partial charge in [-0.15, -0.1) is 0 Å². The van der Waals surface area contributed by atoms with Crippen molar-refractivity contribution in [3.63, 3.8) is 0 Å². The Morgan fingerprint density at radius 1 is 1.03 bits per heavy atom. The van der Waals surface area contributed by atoms with Crippen molar-refractivity contribution >= 4 is 17.5 Å². The van der Waals surface area contributed by atoms with Crippen LogP contribution in [0.4, 0.5) is 10.1 Å². The van der Waals surface area contributed by atoms with E-state index in [0.29, 0.717) is 38.5 Å². The second kappa shape index (κ2) is 10.0. The highest BCUT2D eigenvalue weighted by molar-refractivity contribution is 5.93. The molecule has 7 heteroatoms. The van der Waals surface area contributed by atoms with Crippen molar-refractivity contribution in [3.8, 4) is 5.75 Å². The SMILES string of the molecule is CCc1ccccc1NC(=O)CN1CCN(C(=O)COc2ccc(F)cc2)CC1. The average Bonchev–Trinajstić information content (AvgIpc) is 2.74. The van der Waals surface area contributed by atoms with Crippen molar-refractivity contribution in [1.82, 2.24) is 9.80 Å². The Hall–Kier alpha value is -2.93. The minimum atomic E-state index is -0.345. The van der Waals surface area contributed by atoms with Crippen LogP contribution in [0.5, 0.6) is 5.75 Å². The van der Waals surface area contributed by atoms with E-state index in [2.05, 4.69) is 12.2 Å². The molecule has 0 aliphatic carbocycles. The molecule has 1 N–H and O–H groups in total. The molecule has 29 heavy (non-hydrogen) atoms. The molecule has 154 valence electrons. The first-order valence-electron chi connectivity index (χ1n) is 9.81. The quantitative estimate of drug-likeness (QED) is 0.777. The van der Waals surface area contributed by atoms with Gasteiger partial charge in [-0.2, -0.15) is 0 Å². The van der Waals surface area contributed by atoms with E-state index in [1.54, 1.807) is 4.90 Å². The number of benzene rings is 2. The molecule has 0 bridgehead atoms. The summed E-state index contributed by atoms with van der Waals surface area (Å²) in [6.45, 7) is 4.62. The van der Waals surface area contributed by atoms with Crippen molar-refractivity contribution in [2.45, 2.75) is 13.3 Å². The molecular formula is C22H26FN3O3. The van der Waals surface area contributed by atoms with E-state index in [0.717, 1.165) is 17.7 Å². The first kappa shape index (κ1) is 20.8. The van der Waals surface area contributed by atoms with Crippen molar-refractivity contribution in [3.05, 3.63) is 59.9 Å². The topological polar surface area (TPSA) is 61.9 Å². The van der Waals surface area contributed by atoms with Gasteiger partial charge in [0.05, 0.1) is 6.54 Å². The molecule has 3 rings (SSSR count). The number of carbonyl (C=O) groups excluding carboxylic acids is 2. The van der Waals surface area contributed by atoms with Gasteiger partial charge in [-0.05, 0) is 42.3 Å². The van der Waals surface area contributed by atoms with Gasteiger partial charge in [-0.3, -0.25) is 14.5 Å². The Labute approximate surface area is 170 Å². The minimum Gasteiger partial charge on any atom is -0.484 e. The lowest BCUT2D eigenvalue weighted by Crippen LogP contribution is -2.51. The molecule has 2 amide bonds. The number of anilines is 1. The summed E-state index contributed by atoms with van der Waals surface area (Å²) in [6, 6.07) is 13.4. The average molecular weight is 399 g/mol. The van der Waals surface area contributed by atoms with E-state index in [9.17, 15) is 14.0 Å². The maximum atomic E-state index is 12.9. The highest BCUT2D eigenvalue weighted by atomic mass is 19.1. The molecule has 1 fully saturated rings. The fraction of sp³-hybridized carbons (Fsp3) is 0.364. The predicted molar refractivity (Wildman–Crippen MR) is 109 cm³/mol. The van der Waals surface area contributed by atoms with Crippen molar-refractivity contribution in [2.24, 2.45) is 0 Å². The fourth-order valence-corrected chi connectivity index (χ4v) is 3.27. The van der Waals surface area contributed by atoms with Crippen molar-refractivity contribution < 1.29 is 18.7 Å². The minimum absolute atomic E-state index is 0.0506. The number of piperazine rings is 1. The molecule has 0 spiro atoms. The summed E-state index contributed by atoms with van der Waals surface area (Å²) in [5.41, 5.74) is 1.96. The van der Waals surface area contributed by atoms with Gasteiger partial charge in [-0.1, -0.05) is 25.1 Å². The zero-order valence-electron chi connectivity index (χ0n) is 16.6. The molecule has 6 nitrogen and oxygen atoms in total. The van der Waals surface area contributed by atoms with Gasteiger partial charge < -0.3 is 15.0 Å². The Balaban J connectivity index is 1.41. The number of para-hydroxylation sites is 1. The summed E-state index contributed by atoms with van der Waals surface area (Å²) in [4.78, 5) is 28.4. The monoisotopic (exact) mass is 399 g/mol. The smallest absolute Gasteiger partial charge is 0.260 e. The van der Waals surface area contributed by atoms with Crippen LogP contribution in [0, 0.1) is 5.82 Å². The van der Waals surface area contributed by atoms with Gasteiger partial charge in [0, 0.05) is 31.9 Å². The second-order valence-corrected chi connectivity index (χ2v) is 6.96. The molecule has 2 aromatic carbocycles. The van der Waals surface area contributed by atoms with E-state index in [1.807, 2.05) is 29.2 Å². The standard InChI is InChI=1S/C22H26FN3O3/c1-2-17-5-3-4-6-20(17)24-21(27)15-25-11-13-26(14-12-25)22(28)16-29-19-9-7-18(23)8-10-19/h3-10H,2,11-16H2,1H3,(H,24,27). The number of hydrogen-bond donors (Lipinski definition) is 1. The largest absolute Gasteiger partial charge is 0.484 e. The molecular weight excluding hydrogens is 373 g/mol. The van der Waals surface area contributed by atoms with Crippen molar-refractivity contribution in [1.29, 1.82) is 0 Å². The summed E-state index contributed by atoms with van der Waals surface area (Å²) in [5, 5.41) is 2.98. The third-order valence-electron chi connectivity index (χ3n) is 4.94. The van der Waals surface area contributed by atoms with Gasteiger partial charge in [0.25, 0.3) is 5.91 Å². The second-order valence-electron chi connectivity index (χ2n) is 6.96. The van der Waals surface area contributed by atoms with Crippen LogP contribution in [-0.2, 0) is 16.0 Å². The number of aryl methyl sites for hydroxylation is 1. The number of nitrogens with zero attached hydrogens (tertiary/aromatic N) is 2. The van der Waals surface area contributed by atoms with Crippen LogP contribution in [-0.4, -0.2) is 60.9 Å². The van der Waals surface area contributed by atoms with Gasteiger partial charge in [0.15, 0.2) is 6.61 Å². The van der Waals surface area contributed by atoms with E-state index in [-0.39, 0.29) is 24.2 Å². The molecule has 1 aliphatic heterocycles. The first-order chi connectivity index (χ1) is 14.0. The summed E-state index contributed by atoms with van der Waals surface area (Å²) >= 11 is 0. The summed E-state index contributed by atoms with van der Waals surface area (Å²) in [6.07, 6.45) is 0.858. The molecule has 1 aliphatic rings. The van der Waals surface area contributed by atoms with Crippen LogP contribution >= 0.6 is 0 Å². The van der Waals surface area contributed by atoms with E-state index in [4.69, 9.17) is 4.74 Å². The zero-order chi connectivity index (χ0) is 20.6. The molecule has 0 radical (unpaired) electrons. The molecule has 2 aromatic rings. The van der Waals surface area contributed by atoms with E-state index >= 15 is 0 Å². The van der Waals surface area contributed by atoms with Crippen LogP contribution in [0.2, 0.25) is 0 Å². The molecule has 1 saturated heterocycles. The predicted octanol–water partition coefficient (Wildman–Crippen LogP) is 2.55. The number of hydrogen-bond acceptors (Lipinski definition) is 4. The highest BCUT2D eigenvalue weighted by Crippen LogP contribution is 2.15. The zero-order valence-corrected chi connectivity index (χ0v) is 16.6. The Bertz CT molecular complexity index is 833. The molecule has 0 atom stereocenters. The first-order valence-corrected chi connectivity index (χ1v) is 9.81. The molecule has 0 aromatic heterocycles. The van der Waals surface area contributed by atoms with Crippen LogP contribution < -0.4 is 10.1 Å². The lowest BCUT2D eigenvalue weighted by Gasteiger charge is -2.34. The van der Waals surface area contributed by atoms with Crippen molar-refractivity contribution in [2.75, 3.05) is 44.6 Å². The summed E-state index contributed by atoms with van der Waals surface area (Å²) in [5.74, 6) is -0.0509. The summed E-state index contributed by atoms with van der Waals surface area (Å²) in [7, 11) is 0. The van der Waals surface area contributed by atoms with Crippen LogP contribution in [0.15, 0.2) is 48.5 Å². The molecule has 1 heterocycles. The van der Waals surface area contributed by atoms with Crippen LogP contribution in [0.25, 0.3) is 0 Å². The number of carbonyl (C=O) groups is 2. The van der Waals surface area contributed by atoms with Crippen LogP contribution in [0.1, 0.15) is 12.5 Å². The third-order valence-corrected chi connectivity index (χ3v) is 4.94. The van der Waals surface area contributed by atoms with E-state index < -0.39 is 0 Å². The lowest BCUT2D eigenvalue weighted by atomic mass is 10.1. The Kier molecular flexibility index (Phi) is 7.19. The Morgan fingerprint density at radius 2 is 1.72 bits per heavy atom. The van der Waals surface area contributed by atoms with Gasteiger partial charge in [0.2, 0.25) is 5.91 Å². The maximum Gasteiger partial charge on any atom is 0.260 e. The van der Waals surface area contributed by atoms with Gasteiger partial charge in [0.1, 0.15) is 11.6 Å². The molecule has 0 unspecified atom stereocenters. The fourth-order valence-electron chi connectivity index (χ4n) is 3.27.